The van der Waals surface area contributed by atoms with E-state index in [0.29, 0.717) is 0 Å². The Balaban J connectivity index is 2.14. The highest BCUT2D eigenvalue weighted by molar-refractivity contribution is 7.15. The minimum absolute atomic E-state index is 0.112. The summed E-state index contributed by atoms with van der Waals surface area (Å²) in [6.07, 6.45) is 1.72. The number of fused-ring (bicyclic) bond motifs is 1. The van der Waals surface area contributed by atoms with Gasteiger partial charge in [-0.1, -0.05) is 29.5 Å². The van der Waals surface area contributed by atoms with Crippen LogP contribution in [0.3, 0.4) is 0 Å². The van der Waals surface area contributed by atoms with Gasteiger partial charge in [-0.2, -0.15) is 0 Å². The van der Waals surface area contributed by atoms with Gasteiger partial charge in [0, 0.05) is 5.39 Å². The van der Waals surface area contributed by atoms with Gasteiger partial charge in [0.2, 0.25) is 0 Å². The number of benzene rings is 1. The Morgan fingerprint density at radius 3 is 2.88 bits per heavy atom. The molecule has 2 aromatic heterocycles. The molecule has 0 radical (unpaired) electrons. The molecule has 0 amide bonds. The molecule has 3 rings (SSSR count). The first-order valence-electron chi connectivity index (χ1n) is 5.20. The van der Waals surface area contributed by atoms with Crippen molar-refractivity contribution in [2.24, 2.45) is 0 Å². The second kappa shape index (κ2) is 4.13. The summed E-state index contributed by atoms with van der Waals surface area (Å²) in [5.41, 5.74) is 1.83. The van der Waals surface area contributed by atoms with E-state index in [2.05, 4.69) is 10.2 Å². The minimum Gasteiger partial charge on any atom is -0.464 e. The van der Waals surface area contributed by atoms with Crippen LogP contribution in [-0.4, -0.2) is 10.2 Å². The molecule has 3 nitrogen and oxygen atoms in total. The molecule has 5 heteroatoms. The number of halogens is 1. The number of furan rings is 1. The summed E-state index contributed by atoms with van der Waals surface area (Å²) in [5, 5.41) is 10.8. The number of hydrogen-bond acceptors (Lipinski definition) is 4. The molecule has 0 spiro atoms. The lowest BCUT2D eigenvalue weighted by molar-refractivity contribution is 0.617. The smallest absolute Gasteiger partial charge is 0.151 e. The Hall–Kier alpha value is -1.39. The number of hydrogen-bond donors (Lipinski definition) is 0. The molecular formula is C12H9ClN2OS. The molecule has 17 heavy (non-hydrogen) atoms. The lowest BCUT2D eigenvalue weighted by Gasteiger charge is -1.92. The highest BCUT2D eigenvalue weighted by atomic mass is 35.5. The Morgan fingerprint density at radius 1 is 1.29 bits per heavy atom. The van der Waals surface area contributed by atoms with Crippen LogP contribution in [0.4, 0.5) is 0 Å². The molecule has 3 aromatic rings. The molecule has 0 bridgehead atoms. The molecule has 1 unspecified atom stereocenters. The highest BCUT2D eigenvalue weighted by Gasteiger charge is 2.14. The van der Waals surface area contributed by atoms with Crippen LogP contribution < -0.4 is 0 Å². The van der Waals surface area contributed by atoms with Crippen LogP contribution >= 0.6 is 22.9 Å². The molecule has 0 fully saturated rings. The van der Waals surface area contributed by atoms with Crippen molar-refractivity contribution >= 4 is 33.9 Å². The van der Waals surface area contributed by atoms with Crippen molar-refractivity contribution in [2.75, 3.05) is 0 Å². The summed E-state index contributed by atoms with van der Waals surface area (Å²) in [6.45, 7) is 1.89. The summed E-state index contributed by atoms with van der Waals surface area (Å²) in [6, 6.07) is 7.87. The van der Waals surface area contributed by atoms with Gasteiger partial charge in [0.1, 0.15) is 16.9 Å². The topological polar surface area (TPSA) is 38.9 Å². The fraction of sp³-hybridized carbons (Fsp3) is 0.167. The number of rotatable bonds is 2. The zero-order chi connectivity index (χ0) is 11.8. The van der Waals surface area contributed by atoms with Crippen LogP contribution in [0.1, 0.15) is 17.3 Å². The third kappa shape index (κ3) is 1.83. The summed E-state index contributed by atoms with van der Waals surface area (Å²) in [7, 11) is 0. The summed E-state index contributed by atoms with van der Waals surface area (Å²) >= 11 is 7.48. The van der Waals surface area contributed by atoms with Crippen molar-refractivity contribution in [2.45, 2.75) is 12.3 Å². The molecular weight excluding hydrogens is 256 g/mol. The third-order valence-electron chi connectivity index (χ3n) is 2.49. The highest BCUT2D eigenvalue weighted by Crippen LogP contribution is 2.34. The maximum atomic E-state index is 5.98. The first kappa shape index (κ1) is 10.7. The van der Waals surface area contributed by atoms with Crippen LogP contribution in [0.25, 0.3) is 21.5 Å². The molecule has 0 aliphatic carbocycles. The van der Waals surface area contributed by atoms with Gasteiger partial charge >= 0.3 is 0 Å². The normalized spacial score (nSPS) is 13.1. The van der Waals surface area contributed by atoms with Gasteiger partial charge in [0.15, 0.2) is 5.01 Å². The van der Waals surface area contributed by atoms with Gasteiger partial charge in [-0.25, -0.2) is 0 Å². The second-order valence-electron chi connectivity index (χ2n) is 3.71. The lowest BCUT2D eigenvalue weighted by Crippen LogP contribution is -1.80. The molecule has 86 valence electrons. The zero-order valence-corrected chi connectivity index (χ0v) is 10.6. The van der Waals surface area contributed by atoms with Crippen molar-refractivity contribution in [3.8, 4) is 10.6 Å². The molecule has 0 saturated heterocycles. The van der Waals surface area contributed by atoms with Crippen molar-refractivity contribution in [1.82, 2.24) is 10.2 Å². The molecule has 1 aromatic carbocycles. The third-order valence-corrected chi connectivity index (χ3v) is 3.97. The van der Waals surface area contributed by atoms with Crippen LogP contribution in [0.15, 0.2) is 34.9 Å². The molecule has 0 N–H and O–H groups in total. The van der Waals surface area contributed by atoms with Gasteiger partial charge in [-0.15, -0.1) is 21.8 Å². The Morgan fingerprint density at radius 2 is 2.12 bits per heavy atom. The number of nitrogens with zero attached hydrogens (tertiary/aromatic N) is 2. The monoisotopic (exact) mass is 264 g/mol. The zero-order valence-electron chi connectivity index (χ0n) is 9.05. The quantitative estimate of drug-likeness (QED) is 0.650. The average Bonchev–Trinajstić information content (AvgIpc) is 2.95. The molecule has 0 aliphatic heterocycles. The van der Waals surface area contributed by atoms with Crippen molar-refractivity contribution in [3.05, 3.63) is 35.5 Å². The van der Waals surface area contributed by atoms with Gasteiger partial charge in [0.25, 0.3) is 0 Å². The van der Waals surface area contributed by atoms with E-state index >= 15 is 0 Å². The summed E-state index contributed by atoms with van der Waals surface area (Å²) < 4.78 is 5.48. The van der Waals surface area contributed by atoms with Gasteiger partial charge in [0.05, 0.1) is 10.9 Å². The predicted molar refractivity (Wildman–Crippen MR) is 69.4 cm³/mol. The molecule has 0 saturated carbocycles. The summed E-state index contributed by atoms with van der Waals surface area (Å²) in [5.74, 6) is 0. The Kier molecular flexibility index (Phi) is 2.61. The van der Waals surface area contributed by atoms with E-state index in [4.69, 9.17) is 16.0 Å². The van der Waals surface area contributed by atoms with Gasteiger partial charge < -0.3 is 4.42 Å². The Bertz CT molecular complexity index is 659. The van der Waals surface area contributed by atoms with Crippen molar-refractivity contribution in [1.29, 1.82) is 0 Å². The molecule has 1 atom stereocenters. The largest absolute Gasteiger partial charge is 0.464 e. The average molecular weight is 265 g/mol. The van der Waals surface area contributed by atoms with Crippen LogP contribution in [-0.2, 0) is 0 Å². The van der Waals surface area contributed by atoms with E-state index in [1.165, 1.54) is 11.3 Å². The van der Waals surface area contributed by atoms with E-state index in [0.717, 1.165) is 26.5 Å². The molecule has 0 aliphatic rings. The standard InChI is InChI=1S/C12H9ClN2OS/c1-7(13)11-14-15-12(17-11)9-6-16-10-5-3-2-4-8(9)10/h2-7H,1H3. The fourth-order valence-electron chi connectivity index (χ4n) is 1.65. The lowest BCUT2D eigenvalue weighted by atomic mass is 10.2. The molecule has 2 heterocycles. The predicted octanol–water partition coefficient (Wildman–Crippen LogP) is 4.25. The fourth-order valence-corrected chi connectivity index (χ4v) is 2.62. The van der Waals surface area contributed by atoms with E-state index in [-0.39, 0.29) is 5.38 Å². The van der Waals surface area contributed by atoms with Crippen molar-refractivity contribution in [3.63, 3.8) is 0 Å². The first-order chi connectivity index (χ1) is 8.25. The van der Waals surface area contributed by atoms with Crippen LogP contribution in [0, 0.1) is 0 Å². The number of alkyl halides is 1. The van der Waals surface area contributed by atoms with Crippen molar-refractivity contribution < 1.29 is 4.42 Å². The maximum absolute atomic E-state index is 5.98. The van der Waals surface area contributed by atoms with Crippen LogP contribution in [0.2, 0.25) is 0 Å². The van der Waals surface area contributed by atoms with E-state index in [9.17, 15) is 0 Å². The minimum atomic E-state index is -0.112. The van der Waals surface area contributed by atoms with Gasteiger partial charge in [-0.3, -0.25) is 0 Å². The van der Waals surface area contributed by atoms with E-state index < -0.39 is 0 Å². The summed E-state index contributed by atoms with van der Waals surface area (Å²) in [4.78, 5) is 0. The second-order valence-corrected chi connectivity index (χ2v) is 5.37. The van der Waals surface area contributed by atoms with E-state index in [1.807, 2.05) is 31.2 Å². The SMILES string of the molecule is CC(Cl)c1nnc(-c2coc3ccccc23)s1. The Labute approximate surface area is 107 Å². The van der Waals surface area contributed by atoms with E-state index in [1.54, 1.807) is 6.26 Å². The van der Waals surface area contributed by atoms with Gasteiger partial charge in [-0.05, 0) is 13.0 Å². The number of para-hydroxylation sites is 1. The maximum Gasteiger partial charge on any atom is 0.151 e. The van der Waals surface area contributed by atoms with Crippen LogP contribution in [0.5, 0.6) is 0 Å². The first-order valence-corrected chi connectivity index (χ1v) is 6.45. The number of aromatic nitrogens is 2.